The van der Waals surface area contributed by atoms with Crippen molar-refractivity contribution in [2.45, 2.75) is 82.6 Å². The fourth-order valence-corrected chi connectivity index (χ4v) is 5.35. The van der Waals surface area contributed by atoms with E-state index >= 15 is 0 Å². The second kappa shape index (κ2) is 9.10. The molecule has 1 saturated carbocycles. The van der Waals surface area contributed by atoms with Gasteiger partial charge >= 0.3 is 6.29 Å². The van der Waals surface area contributed by atoms with Crippen LogP contribution >= 0.6 is 0 Å². The SMILES string of the molecule is CC(C)(C)c1cc2cc(CCCC(=O)C3(c4ccc5c(c4)OC(F)(F)O5)CC3)ccc2n1CC(O)CO. The third-order valence-corrected chi connectivity index (χ3v) is 7.45. The average molecular weight is 514 g/mol. The van der Waals surface area contributed by atoms with Crippen molar-refractivity contribution in [1.29, 1.82) is 0 Å². The van der Waals surface area contributed by atoms with Gasteiger partial charge in [-0.1, -0.05) is 32.9 Å². The molecule has 2 heterocycles. The molecule has 2 aromatic carbocycles. The third-order valence-electron chi connectivity index (χ3n) is 7.45. The summed E-state index contributed by atoms with van der Waals surface area (Å²) in [4.78, 5) is 13.2. The number of alkyl halides is 2. The highest BCUT2D eigenvalue weighted by molar-refractivity contribution is 5.93. The maximum absolute atomic E-state index is 13.4. The fraction of sp³-hybridized carbons (Fsp3) is 0.483. The Labute approximate surface area is 214 Å². The number of carbonyl (C=O) groups excluding carboxylic acids is 1. The Kier molecular flexibility index (Phi) is 6.31. The van der Waals surface area contributed by atoms with Crippen molar-refractivity contribution in [3.8, 4) is 11.5 Å². The Hall–Kier alpha value is -2.97. The zero-order chi connectivity index (χ0) is 26.6. The summed E-state index contributed by atoms with van der Waals surface area (Å²) in [6.45, 7) is 6.38. The number of rotatable bonds is 9. The van der Waals surface area contributed by atoms with Gasteiger partial charge in [-0.05, 0) is 67.1 Å². The van der Waals surface area contributed by atoms with E-state index in [1.807, 2.05) is 12.1 Å². The number of ether oxygens (including phenoxy) is 2. The second-order valence-corrected chi connectivity index (χ2v) is 11.3. The number of aliphatic hydroxyl groups excluding tert-OH is 2. The summed E-state index contributed by atoms with van der Waals surface area (Å²) in [6.07, 6.45) is -1.27. The number of aliphatic hydroxyl groups is 2. The number of halogens is 2. The predicted molar refractivity (Wildman–Crippen MR) is 135 cm³/mol. The summed E-state index contributed by atoms with van der Waals surface area (Å²) >= 11 is 0. The molecule has 1 atom stereocenters. The van der Waals surface area contributed by atoms with Gasteiger partial charge in [0.1, 0.15) is 5.78 Å². The molecule has 0 bridgehead atoms. The number of hydrogen-bond donors (Lipinski definition) is 2. The molecule has 2 aliphatic rings. The van der Waals surface area contributed by atoms with Gasteiger partial charge in [-0.3, -0.25) is 4.79 Å². The number of Topliss-reactive ketones (excluding diaryl/α,β-unsaturated/α-hetero) is 1. The van der Waals surface area contributed by atoms with E-state index in [0.29, 0.717) is 37.8 Å². The van der Waals surface area contributed by atoms with E-state index in [4.69, 9.17) is 0 Å². The maximum Gasteiger partial charge on any atom is 0.586 e. The summed E-state index contributed by atoms with van der Waals surface area (Å²) in [7, 11) is 0. The van der Waals surface area contributed by atoms with Crippen LogP contribution in [-0.2, 0) is 28.6 Å². The van der Waals surface area contributed by atoms with E-state index in [1.165, 1.54) is 12.1 Å². The molecule has 1 fully saturated rings. The number of hydrogen-bond acceptors (Lipinski definition) is 5. The van der Waals surface area contributed by atoms with Crippen LogP contribution in [-0.4, -0.2) is 39.6 Å². The molecule has 1 aromatic heterocycles. The van der Waals surface area contributed by atoms with Crippen molar-refractivity contribution in [2.75, 3.05) is 6.61 Å². The summed E-state index contributed by atoms with van der Waals surface area (Å²) < 4.78 is 37.9. The molecule has 3 aromatic rings. The van der Waals surface area contributed by atoms with Gasteiger partial charge in [-0.2, -0.15) is 0 Å². The van der Waals surface area contributed by atoms with Crippen LogP contribution in [0.25, 0.3) is 10.9 Å². The van der Waals surface area contributed by atoms with Crippen molar-refractivity contribution in [1.82, 2.24) is 4.57 Å². The van der Waals surface area contributed by atoms with Crippen LogP contribution in [0.4, 0.5) is 8.78 Å². The molecular formula is C29H33F2NO5. The number of aromatic nitrogens is 1. The van der Waals surface area contributed by atoms with Gasteiger partial charge in [-0.15, -0.1) is 8.78 Å². The van der Waals surface area contributed by atoms with Crippen LogP contribution in [0.3, 0.4) is 0 Å². The minimum absolute atomic E-state index is 0.0123. The van der Waals surface area contributed by atoms with Gasteiger partial charge in [0, 0.05) is 28.4 Å². The number of nitrogens with zero attached hydrogens (tertiary/aromatic N) is 1. The Morgan fingerprint density at radius 1 is 1.08 bits per heavy atom. The topological polar surface area (TPSA) is 80.9 Å². The second-order valence-electron chi connectivity index (χ2n) is 11.3. The van der Waals surface area contributed by atoms with Crippen molar-refractivity contribution >= 4 is 16.7 Å². The standard InChI is InChI=1S/C29H33F2NO5/c1-27(2,3)25-14-19-13-18(7-9-22(19)32(25)16-21(34)17-33)5-4-6-26(35)28(11-12-28)20-8-10-23-24(15-20)37-29(30,31)36-23/h7-10,13-15,21,33-34H,4-6,11-12,16-17H2,1-3H3. The van der Waals surface area contributed by atoms with E-state index in [9.17, 15) is 23.8 Å². The maximum atomic E-state index is 13.4. The first kappa shape index (κ1) is 25.7. The number of benzene rings is 2. The summed E-state index contributed by atoms with van der Waals surface area (Å²) in [5.74, 6) is 0.0861. The molecule has 1 aliphatic heterocycles. The van der Waals surface area contributed by atoms with Crippen molar-refractivity contribution in [3.63, 3.8) is 0 Å². The lowest BCUT2D eigenvalue weighted by Crippen LogP contribution is -2.26. The lowest BCUT2D eigenvalue weighted by molar-refractivity contribution is -0.286. The Morgan fingerprint density at radius 3 is 2.49 bits per heavy atom. The van der Waals surface area contributed by atoms with Gasteiger partial charge in [0.2, 0.25) is 0 Å². The van der Waals surface area contributed by atoms with Gasteiger partial charge in [-0.25, -0.2) is 0 Å². The summed E-state index contributed by atoms with van der Waals surface area (Å²) in [5.41, 5.74) is 3.16. The van der Waals surface area contributed by atoms with Crippen molar-refractivity contribution in [3.05, 3.63) is 59.3 Å². The van der Waals surface area contributed by atoms with E-state index in [1.54, 1.807) is 6.07 Å². The summed E-state index contributed by atoms with van der Waals surface area (Å²) in [5, 5.41) is 20.5. The Morgan fingerprint density at radius 2 is 1.81 bits per heavy atom. The number of ketones is 1. The van der Waals surface area contributed by atoms with E-state index in [0.717, 1.165) is 28.6 Å². The van der Waals surface area contributed by atoms with Gasteiger partial charge in [0.15, 0.2) is 11.5 Å². The zero-order valence-corrected chi connectivity index (χ0v) is 21.4. The van der Waals surface area contributed by atoms with Crippen molar-refractivity contribution in [2.24, 2.45) is 0 Å². The van der Waals surface area contributed by atoms with Crippen LogP contribution in [0.2, 0.25) is 0 Å². The first-order chi connectivity index (χ1) is 17.4. The van der Waals surface area contributed by atoms with Crippen LogP contribution in [0, 0.1) is 0 Å². The summed E-state index contributed by atoms with van der Waals surface area (Å²) in [6, 6.07) is 13.0. The molecule has 37 heavy (non-hydrogen) atoms. The third kappa shape index (κ3) is 4.97. The molecule has 0 amide bonds. The normalized spacial score (nSPS) is 18.2. The highest BCUT2D eigenvalue weighted by Gasteiger charge is 2.51. The molecule has 198 valence electrons. The lowest BCUT2D eigenvalue weighted by Gasteiger charge is -2.23. The molecule has 0 radical (unpaired) electrons. The minimum Gasteiger partial charge on any atom is -0.395 e. The molecule has 0 saturated heterocycles. The fourth-order valence-electron chi connectivity index (χ4n) is 5.35. The first-order valence-corrected chi connectivity index (χ1v) is 12.8. The van der Waals surface area contributed by atoms with Crippen LogP contribution in [0.1, 0.15) is 63.3 Å². The molecule has 1 unspecified atom stereocenters. The molecule has 0 spiro atoms. The molecule has 6 nitrogen and oxygen atoms in total. The van der Waals surface area contributed by atoms with Gasteiger partial charge in [0.25, 0.3) is 0 Å². The molecule has 1 aliphatic carbocycles. The highest BCUT2D eigenvalue weighted by Crippen LogP contribution is 2.53. The van der Waals surface area contributed by atoms with Crippen LogP contribution < -0.4 is 9.47 Å². The van der Waals surface area contributed by atoms with Crippen LogP contribution in [0.5, 0.6) is 11.5 Å². The largest absolute Gasteiger partial charge is 0.586 e. The average Bonchev–Trinajstić information content (AvgIpc) is 3.47. The van der Waals surface area contributed by atoms with E-state index in [2.05, 4.69) is 46.9 Å². The number of carbonyl (C=O) groups is 1. The number of fused-ring (bicyclic) bond motifs is 2. The van der Waals surface area contributed by atoms with E-state index in [-0.39, 0.29) is 29.3 Å². The van der Waals surface area contributed by atoms with Crippen molar-refractivity contribution < 1.29 is 33.3 Å². The van der Waals surface area contributed by atoms with E-state index < -0.39 is 17.8 Å². The van der Waals surface area contributed by atoms with Gasteiger partial charge < -0.3 is 24.3 Å². The number of aryl methyl sites for hydroxylation is 1. The molecular weight excluding hydrogens is 480 g/mol. The smallest absolute Gasteiger partial charge is 0.395 e. The Balaban J connectivity index is 1.27. The zero-order valence-electron chi connectivity index (χ0n) is 21.4. The highest BCUT2D eigenvalue weighted by atomic mass is 19.3. The van der Waals surface area contributed by atoms with Crippen LogP contribution in [0.15, 0.2) is 42.5 Å². The Bertz CT molecular complexity index is 1340. The predicted octanol–water partition coefficient (Wildman–Crippen LogP) is 5.24. The molecule has 2 N–H and O–H groups in total. The monoisotopic (exact) mass is 513 g/mol. The minimum atomic E-state index is -3.67. The molecule has 8 heteroatoms. The first-order valence-electron chi connectivity index (χ1n) is 12.8. The quantitative estimate of drug-likeness (QED) is 0.409. The molecule has 5 rings (SSSR count). The van der Waals surface area contributed by atoms with Gasteiger partial charge in [0.05, 0.1) is 24.7 Å². The lowest BCUT2D eigenvalue weighted by atomic mass is 9.88.